The molecule has 4 N–H and O–H groups in total. The highest BCUT2D eigenvalue weighted by atomic mass is 32.2. The van der Waals surface area contributed by atoms with Crippen LogP contribution in [0.25, 0.3) is 11.0 Å². The number of anilines is 1. The third-order valence-electron chi connectivity index (χ3n) is 6.72. The standard InChI is InChI=1S/C28H29FN6O2S/c29-21-12-9-19(10-13-21)11-14-23(27(36)34-28-32-24-7-1-2-8-25(24)33-28)26(30)20-5-4-16-35(18-20)38(37)22-6-3-15-31-17-22/h1-3,6-10,12-13,15,17,20H,4-5,11,14,16,18,30H2,(H2,32,33,34,36)/b26-23-. The number of benzene rings is 2. The zero-order valence-electron chi connectivity index (χ0n) is 20.8. The van der Waals surface area contributed by atoms with Gasteiger partial charge in [-0.15, -0.1) is 0 Å². The predicted octanol–water partition coefficient (Wildman–Crippen LogP) is 4.32. The van der Waals surface area contributed by atoms with Crippen molar-refractivity contribution in [1.29, 1.82) is 0 Å². The number of para-hydroxylation sites is 2. The van der Waals surface area contributed by atoms with Crippen molar-refractivity contribution in [2.45, 2.75) is 30.6 Å². The fourth-order valence-electron chi connectivity index (χ4n) is 4.70. The number of fused-ring (bicyclic) bond motifs is 1. The van der Waals surface area contributed by atoms with Crippen LogP contribution in [-0.2, 0) is 22.2 Å². The fourth-order valence-corrected chi connectivity index (χ4v) is 5.95. The first-order valence-electron chi connectivity index (χ1n) is 12.5. The smallest absolute Gasteiger partial charge is 0.255 e. The molecule has 4 aromatic rings. The van der Waals surface area contributed by atoms with Crippen LogP contribution in [0.3, 0.4) is 0 Å². The lowest BCUT2D eigenvalue weighted by atomic mass is 9.91. The van der Waals surface area contributed by atoms with E-state index < -0.39 is 11.0 Å². The van der Waals surface area contributed by atoms with Crippen LogP contribution in [0.1, 0.15) is 24.8 Å². The average Bonchev–Trinajstić information content (AvgIpc) is 3.36. The Morgan fingerprint density at radius 2 is 1.97 bits per heavy atom. The molecule has 0 radical (unpaired) electrons. The normalized spacial score (nSPS) is 17.7. The monoisotopic (exact) mass is 532 g/mol. The third kappa shape index (κ3) is 5.98. The average molecular weight is 533 g/mol. The topological polar surface area (TPSA) is 117 Å². The number of nitrogens with two attached hydrogens (primary N) is 1. The highest BCUT2D eigenvalue weighted by molar-refractivity contribution is 7.82. The van der Waals surface area contributed by atoms with Crippen LogP contribution >= 0.6 is 0 Å². The van der Waals surface area contributed by atoms with E-state index in [0.717, 1.165) is 29.4 Å². The molecule has 8 nitrogen and oxygen atoms in total. The third-order valence-corrected chi connectivity index (χ3v) is 8.16. The van der Waals surface area contributed by atoms with Crippen molar-refractivity contribution in [3.05, 3.63) is 95.7 Å². The first-order valence-corrected chi connectivity index (χ1v) is 13.6. The first-order chi connectivity index (χ1) is 18.5. The van der Waals surface area contributed by atoms with Crippen LogP contribution in [0.4, 0.5) is 10.3 Å². The Kier molecular flexibility index (Phi) is 7.90. The number of rotatable bonds is 8. The summed E-state index contributed by atoms with van der Waals surface area (Å²) in [5.41, 5.74) is 10.1. The van der Waals surface area contributed by atoms with Crippen molar-refractivity contribution in [2.24, 2.45) is 11.7 Å². The maximum absolute atomic E-state index is 13.5. The summed E-state index contributed by atoms with van der Waals surface area (Å²) in [4.78, 5) is 25.8. The highest BCUT2D eigenvalue weighted by Crippen LogP contribution is 2.28. The summed E-state index contributed by atoms with van der Waals surface area (Å²) < 4.78 is 28.4. The van der Waals surface area contributed by atoms with E-state index in [4.69, 9.17) is 5.73 Å². The van der Waals surface area contributed by atoms with Crippen LogP contribution in [-0.4, -0.2) is 42.5 Å². The SMILES string of the molecule is N/C(=C(/CCc1ccc(F)cc1)C(=O)Nc1nc2ccccc2[nH]1)C1CCCN(S(=O)c2cccnc2)C1. The fraction of sp³-hybridized carbons (Fsp3) is 0.250. The summed E-state index contributed by atoms with van der Waals surface area (Å²) in [6.45, 7) is 1.13. The van der Waals surface area contributed by atoms with Crippen molar-refractivity contribution in [3.63, 3.8) is 0 Å². The number of H-pyrrole nitrogens is 1. The molecule has 10 heteroatoms. The summed E-state index contributed by atoms with van der Waals surface area (Å²) >= 11 is 0. The molecule has 2 unspecified atom stereocenters. The number of nitrogens with one attached hydrogen (secondary N) is 2. The molecular formula is C28H29FN6O2S. The van der Waals surface area contributed by atoms with Crippen LogP contribution < -0.4 is 11.1 Å². The van der Waals surface area contributed by atoms with Gasteiger partial charge in [0, 0.05) is 42.7 Å². The minimum atomic E-state index is -1.37. The lowest BCUT2D eigenvalue weighted by Crippen LogP contribution is -2.39. The largest absolute Gasteiger partial charge is 0.401 e. The van der Waals surface area contributed by atoms with Gasteiger partial charge in [0.05, 0.1) is 15.9 Å². The van der Waals surface area contributed by atoms with E-state index >= 15 is 0 Å². The molecule has 1 fully saturated rings. The Hall–Kier alpha value is -3.89. The quantitative estimate of drug-likeness (QED) is 0.292. The molecule has 5 rings (SSSR count). The van der Waals surface area contributed by atoms with Crippen molar-refractivity contribution in [1.82, 2.24) is 19.3 Å². The van der Waals surface area contributed by atoms with Crippen LogP contribution in [0.15, 0.2) is 89.2 Å². The molecule has 2 aromatic heterocycles. The van der Waals surface area contributed by atoms with Gasteiger partial charge in [0.25, 0.3) is 5.91 Å². The van der Waals surface area contributed by atoms with E-state index in [2.05, 4.69) is 20.3 Å². The van der Waals surface area contributed by atoms with Crippen molar-refractivity contribution in [2.75, 3.05) is 18.4 Å². The highest BCUT2D eigenvalue weighted by Gasteiger charge is 2.29. The van der Waals surface area contributed by atoms with E-state index in [1.165, 1.54) is 12.1 Å². The lowest BCUT2D eigenvalue weighted by molar-refractivity contribution is -0.113. The van der Waals surface area contributed by atoms with Crippen LogP contribution in [0.5, 0.6) is 0 Å². The van der Waals surface area contributed by atoms with Crippen molar-refractivity contribution in [3.8, 4) is 0 Å². The van der Waals surface area contributed by atoms with Gasteiger partial charge >= 0.3 is 0 Å². The molecular weight excluding hydrogens is 503 g/mol. The maximum Gasteiger partial charge on any atom is 0.255 e. The molecule has 196 valence electrons. The van der Waals surface area contributed by atoms with Crippen LogP contribution in [0.2, 0.25) is 0 Å². The number of aromatic amines is 1. The van der Waals surface area contributed by atoms with Crippen molar-refractivity contribution >= 4 is 33.9 Å². The summed E-state index contributed by atoms with van der Waals surface area (Å²) in [6.07, 6.45) is 5.72. The number of halogens is 1. The second-order valence-corrected chi connectivity index (χ2v) is 10.8. The molecule has 2 atom stereocenters. The van der Waals surface area contributed by atoms with Gasteiger partial charge in [-0.3, -0.25) is 15.1 Å². The first kappa shape index (κ1) is 25.7. The Morgan fingerprint density at radius 3 is 2.74 bits per heavy atom. The van der Waals surface area contributed by atoms with Gasteiger partial charge in [-0.25, -0.2) is 17.9 Å². The Morgan fingerprint density at radius 1 is 1.16 bits per heavy atom. The molecule has 1 amide bonds. The number of amides is 1. The minimum absolute atomic E-state index is 0.144. The number of carbonyl (C=O) groups excluding carboxylic acids is 1. The molecule has 1 saturated heterocycles. The zero-order valence-corrected chi connectivity index (χ0v) is 21.6. The van der Waals surface area contributed by atoms with Gasteiger partial charge < -0.3 is 10.7 Å². The number of imidazole rings is 1. The number of nitrogens with zero attached hydrogens (tertiary/aromatic N) is 3. The summed E-state index contributed by atoms with van der Waals surface area (Å²) in [5, 5.41) is 2.87. The number of pyridine rings is 1. The van der Waals surface area contributed by atoms with Gasteiger partial charge in [0.1, 0.15) is 16.8 Å². The molecule has 0 spiro atoms. The van der Waals surface area contributed by atoms with Gasteiger partial charge in [-0.1, -0.05) is 24.3 Å². The minimum Gasteiger partial charge on any atom is -0.401 e. The number of carbonyl (C=O) groups is 1. The van der Waals surface area contributed by atoms with E-state index in [0.29, 0.717) is 48.0 Å². The molecule has 0 saturated carbocycles. The summed E-state index contributed by atoms with van der Waals surface area (Å²) in [6, 6.07) is 17.3. The number of aryl methyl sites for hydroxylation is 1. The molecule has 1 aliphatic heterocycles. The molecule has 0 aliphatic carbocycles. The number of hydrogen-bond donors (Lipinski definition) is 3. The van der Waals surface area contributed by atoms with E-state index in [9.17, 15) is 13.4 Å². The van der Waals surface area contributed by atoms with Gasteiger partial charge in [-0.2, -0.15) is 0 Å². The molecule has 38 heavy (non-hydrogen) atoms. The Bertz CT molecular complexity index is 1440. The van der Waals surface area contributed by atoms with Crippen LogP contribution in [0, 0.1) is 11.7 Å². The number of hydrogen-bond acceptors (Lipinski definition) is 5. The van der Waals surface area contributed by atoms with Gasteiger partial charge in [-0.05, 0) is 67.6 Å². The molecule has 2 aromatic carbocycles. The molecule has 1 aliphatic rings. The van der Waals surface area contributed by atoms with Gasteiger partial charge in [0.2, 0.25) is 5.95 Å². The summed E-state index contributed by atoms with van der Waals surface area (Å²) in [7, 11) is -1.37. The van der Waals surface area contributed by atoms with Crippen molar-refractivity contribution < 1.29 is 13.4 Å². The van der Waals surface area contributed by atoms with Gasteiger partial charge in [0.15, 0.2) is 0 Å². The Labute approximate surface area is 222 Å². The lowest BCUT2D eigenvalue weighted by Gasteiger charge is -2.32. The van der Waals surface area contributed by atoms with E-state index in [-0.39, 0.29) is 17.6 Å². The number of aromatic nitrogens is 3. The summed E-state index contributed by atoms with van der Waals surface area (Å²) in [5.74, 6) is -0.454. The molecule has 0 bridgehead atoms. The second kappa shape index (κ2) is 11.7. The van der Waals surface area contributed by atoms with E-state index in [1.54, 1.807) is 36.7 Å². The second-order valence-electron chi connectivity index (χ2n) is 9.28. The van der Waals surface area contributed by atoms with E-state index in [1.807, 2.05) is 28.6 Å². The zero-order chi connectivity index (χ0) is 26.5. The molecule has 3 heterocycles. The predicted molar refractivity (Wildman–Crippen MR) is 146 cm³/mol. The Balaban J connectivity index is 1.39. The number of piperidine rings is 1. The maximum atomic E-state index is 13.5.